The number of nitrogens with one attached hydrogen (secondary N) is 1. The summed E-state index contributed by atoms with van der Waals surface area (Å²) in [4.78, 5) is 0.223. The molecule has 0 radical (unpaired) electrons. The molecule has 24 heavy (non-hydrogen) atoms. The van der Waals surface area contributed by atoms with Crippen LogP contribution in [0.2, 0.25) is 0 Å². The van der Waals surface area contributed by atoms with Crippen molar-refractivity contribution in [3.8, 4) is 5.75 Å². The van der Waals surface area contributed by atoms with E-state index in [2.05, 4.69) is 20.7 Å². The van der Waals surface area contributed by atoms with Crippen molar-refractivity contribution >= 4 is 42.4 Å². The Labute approximate surface area is 149 Å². The van der Waals surface area contributed by atoms with E-state index in [1.54, 1.807) is 37.4 Å². The standard InChI is InChI=1S/C18H16BrNO3S/c1-12-9-15(5-8-18(12)19)20-24(21,22)17-7-4-13-10-16(23-2)6-3-14(13)11-17/h3-11,20H,1-2H3. The van der Waals surface area contributed by atoms with Crippen molar-refractivity contribution in [1.82, 2.24) is 0 Å². The lowest BCUT2D eigenvalue weighted by Crippen LogP contribution is -2.13. The summed E-state index contributed by atoms with van der Waals surface area (Å²) in [5, 5.41) is 1.76. The van der Waals surface area contributed by atoms with E-state index in [4.69, 9.17) is 4.74 Å². The molecule has 0 aliphatic rings. The van der Waals surface area contributed by atoms with E-state index in [-0.39, 0.29) is 4.90 Å². The van der Waals surface area contributed by atoms with E-state index < -0.39 is 10.0 Å². The Hall–Kier alpha value is -2.05. The van der Waals surface area contributed by atoms with Crippen LogP contribution in [0.25, 0.3) is 10.8 Å². The molecule has 0 saturated heterocycles. The molecule has 0 fully saturated rings. The predicted octanol–water partition coefficient (Wildman–Crippen LogP) is 4.72. The number of sulfonamides is 1. The quantitative estimate of drug-likeness (QED) is 0.682. The summed E-state index contributed by atoms with van der Waals surface area (Å²) in [5.41, 5.74) is 1.49. The van der Waals surface area contributed by atoms with Crippen LogP contribution in [-0.2, 0) is 10.0 Å². The van der Waals surface area contributed by atoms with Crippen LogP contribution in [0.1, 0.15) is 5.56 Å². The second-order valence-corrected chi connectivity index (χ2v) is 7.98. The molecule has 4 nitrogen and oxygen atoms in total. The van der Waals surface area contributed by atoms with Crippen LogP contribution in [-0.4, -0.2) is 15.5 Å². The number of benzene rings is 3. The maximum Gasteiger partial charge on any atom is 0.261 e. The third-order valence-corrected chi connectivity index (χ3v) is 6.01. The van der Waals surface area contributed by atoms with Crippen molar-refractivity contribution in [2.75, 3.05) is 11.8 Å². The van der Waals surface area contributed by atoms with Gasteiger partial charge in [-0.15, -0.1) is 0 Å². The Morgan fingerprint density at radius 1 is 0.958 bits per heavy atom. The zero-order valence-corrected chi connectivity index (χ0v) is 15.6. The molecule has 0 unspecified atom stereocenters. The highest BCUT2D eigenvalue weighted by Gasteiger charge is 2.15. The minimum Gasteiger partial charge on any atom is -0.497 e. The maximum absolute atomic E-state index is 12.6. The van der Waals surface area contributed by atoms with Gasteiger partial charge in [0.2, 0.25) is 0 Å². The molecule has 0 aromatic heterocycles. The van der Waals surface area contributed by atoms with Crippen LogP contribution >= 0.6 is 15.9 Å². The predicted molar refractivity (Wildman–Crippen MR) is 100 cm³/mol. The first kappa shape index (κ1) is 16.8. The molecule has 0 amide bonds. The lowest BCUT2D eigenvalue weighted by Gasteiger charge is -2.10. The van der Waals surface area contributed by atoms with Crippen LogP contribution < -0.4 is 9.46 Å². The SMILES string of the molecule is COc1ccc2cc(S(=O)(=O)Nc3ccc(Br)c(C)c3)ccc2c1. The van der Waals surface area contributed by atoms with E-state index in [0.717, 1.165) is 26.6 Å². The molecule has 0 heterocycles. The Morgan fingerprint density at radius 3 is 2.38 bits per heavy atom. The van der Waals surface area contributed by atoms with Gasteiger partial charge in [0.25, 0.3) is 10.0 Å². The van der Waals surface area contributed by atoms with Crippen molar-refractivity contribution in [3.63, 3.8) is 0 Å². The summed E-state index contributed by atoms with van der Waals surface area (Å²) < 4.78 is 34.0. The van der Waals surface area contributed by atoms with Crippen molar-refractivity contribution in [1.29, 1.82) is 0 Å². The Balaban J connectivity index is 1.96. The summed E-state index contributed by atoms with van der Waals surface area (Å²) in [6.45, 7) is 1.91. The molecular formula is C18H16BrNO3S. The summed E-state index contributed by atoms with van der Waals surface area (Å²) in [6.07, 6.45) is 0. The third-order valence-electron chi connectivity index (χ3n) is 3.74. The first-order chi connectivity index (χ1) is 11.4. The molecule has 0 bridgehead atoms. The maximum atomic E-state index is 12.6. The van der Waals surface area contributed by atoms with Gasteiger partial charge in [-0.1, -0.05) is 28.1 Å². The van der Waals surface area contributed by atoms with Gasteiger partial charge in [-0.25, -0.2) is 8.42 Å². The Bertz CT molecular complexity index is 1020. The number of rotatable bonds is 4. The summed E-state index contributed by atoms with van der Waals surface area (Å²) in [6, 6.07) is 15.9. The highest BCUT2D eigenvalue weighted by atomic mass is 79.9. The second-order valence-electron chi connectivity index (χ2n) is 5.44. The summed E-state index contributed by atoms with van der Waals surface area (Å²) in [7, 11) is -2.05. The number of ether oxygens (including phenoxy) is 1. The van der Waals surface area contributed by atoms with E-state index in [9.17, 15) is 8.42 Å². The molecule has 3 rings (SSSR count). The van der Waals surface area contributed by atoms with E-state index in [0.29, 0.717) is 5.69 Å². The van der Waals surface area contributed by atoms with Crippen molar-refractivity contribution in [2.24, 2.45) is 0 Å². The molecule has 0 aliphatic heterocycles. The molecule has 3 aromatic carbocycles. The normalized spacial score (nSPS) is 11.5. The fraction of sp³-hybridized carbons (Fsp3) is 0.111. The fourth-order valence-electron chi connectivity index (χ4n) is 2.42. The highest BCUT2D eigenvalue weighted by molar-refractivity contribution is 9.10. The molecule has 0 aliphatic carbocycles. The average Bonchev–Trinajstić information content (AvgIpc) is 2.57. The Kier molecular flexibility index (Phi) is 4.51. The second kappa shape index (κ2) is 6.45. The summed E-state index contributed by atoms with van der Waals surface area (Å²) >= 11 is 3.41. The van der Waals surface area contributed by atoms with E-state index in [1.165, 1.54) is 0 Å². The van der Waals surface area contributed by atoms with Gasteiger partial charge in [-0.2, -0.15) is 0 Å². The Morgan fingerprint density at radius 2 is 1.67 bits per heavy atom. The van der Waals surface area contributed by atoms with Gasteiger partial charge in [0.15, 0.2) is 0 Å². The van der Waals surface area contributed by atoms with Gasteiger partial charge < -0.3 is 4.74 Å². The van der Waals surface area contributed by atoms with Crippen LogP contribution in [0.3, 0.4) is 0 Å². The molecule has 6 heteroatoms. The molecule has 3 aromatic rings. The van der Waals surface area contributed by atoms with Gasteiger partial charge in [0.05, 0.1) is 12.0 Å². The van der Waals surface area contributed by atoms with Gasteiger partial charge in [-0.3, -0.25) is 4.72 Å². The van der Waals surface area contributed by atoms with Crippen molar-refractivity contribution < 1.29 is 13.2 Å². The zero-order chi connectivity index (χ0) is 17.3. The van der Waals surface area contributed by atoms with Crippen LogP contribution in [0, 0.1) is 6.92 Å². The topological polar surface area (TPSA) is 55.4 Å². The van der Waals surface area contributed by atoms with Crippen LogP contribution in [0.5, 0.6) is 5.75 Å². The first-order valence-corrected chi connectivity index (χ1v) is 9.53. The minimum atomic E-state index is -3.65. The zero-order valence-electron chi connectivity index (χ0n) is 13.2. The monoisotopic (exact) mass is 405 g/mol. The molecule has 1 N–H and O–H groups in total. The fourth-order valence-corrected chi connectivity index (χ4v) is 3.75. The molecule has 0 saturated carbocycles. The van der Waals surface area contributed by atoms with Crippen molar-refractivity contribution in [2.45, 2.75) is 11.8 Å². The number of halogens is 1. The number of hydrogen-bond donors (Lipinski definition) is 1. The lowest BCUT2D eigenvalue weighted by molar-refractivity contribution is 0.415. The van der Waals surface area contributed by atoms with Crippen LogP contribution in [0.4, 0.5) is 5.69 Å². The molecular weight excluding hydrogens is 390 g/mol. The van der Waals surface area contributed by atoms with Gasteiger partial charge in [0.1, 0.15) is 5.75 Å². The minimum absolute atomic E-state index is 0.223. The largest absolute Gasteiger partial charge is 0.497 e. The van der Waals surface area contributed by atoms with Gasteiger partial charge in [0, 0.05) is 10.2 Å². The van der Waals surface area contributed by atoms with Crippen molar-refractivity contribution in [3.05, 3.63) is 64.6 Å². The first-order valence-electron chi connectivity index (χ1n) is 7.26. The highest BCUT2D eigenvalue weighted by Crippen LogP contribution is 2.26. The smallest absolute Gasteiger partial charge is 0.261 e. The molecule has 0 atom stereocenters. The van der Waals surface area contributed by atoms with Gasteiger partial charge >= 0.3 is 0 Å². The number of hydrogen-bond acceptors (Lipinski definition) is 3. The van der Waals surface area contributed by atoms with Crippen LogP contribution in [0.15, 0.2) is 64.0 Å². The lowest BCUT2D eigenvalue weighted by atomic mass is 10.1. The average molecular weight is 406 g/mol. The number of methoxy groups -OCH3 is 1. The molecule has 124 valence electrons. The van der Waals surface area contributed by atoms with E-state index >= 15 is 0 Å². The summed E-state index contributed by atoms with van der Waals surface area (Å²) in [5.74, 6) is 0.738. The number of anilines is 1. The van der Waals surface area contributed by atoms with Gasteiger partial charge in [-0.05, 0) is 65.7 Å². The van der Waals surface area contributed by atoms with E-state index in [1.807, 2.05) is 31.2 Å². The number of fused-ring (bicyclic) bond motifs is 1. The molecule has 0 spiro atoms. The number of aryl methyl sites for hydroxylation is 1. The third kappa shape index (κ3) is 3.39.